The zero-order valence-corrected chi connectivity index (χ0v) is 15.3. The topological polar surface area (TPSA) is 33.7 Å². The van der Waals surface area contributed by atoms with Crippen LogP contribution in [0, 0.1) is 6.92 Å². The van der Waals surface area contributed by atoms with Crippen LogP contribution in [0.4, 0.5) is 0 Å². The Balaban J connectivity index is 1.33. The third kappa shape index (κ3) is 2.78. The highest BCUT2D eigenvalue weighted by Gasteiger charge is 2.32. The van der Waals surface area contributed by atoms with Gasteiger partial charge in [0.2, 0.25) is 6.79 Å². The van der Waals surface area contributed by atoms with Gasteiger partial charge in [0, 0.05) is 30.6 Å². The Hall–Kier alpha value is -2.04. The number of ether oxygens (including phenoxy) is 2. The average molecular weight is 350 g/mol. The second kappa shape index (κ2) is 6.60. The first-order valence-corrected chi connectivity index (χ1v) is 9.72. The molecule has 0 saturated carbocycles. The summed E-state index contributed by atoms with van der Waals surface area (Å²) in [6, 6.07) is 13.6. The van der Waals surface area contributed by atoms with Crippen molar-refractivity contribution in [3.63, 3.8) is 0 Å². The minimum atomic E-state index is 0.352. The van der Waals surface area contributed by atoms with E-state index >= 15 is 0 Å². The molecule has 2 aromatic carbocycles. The molecule has 1 N–H and O–H groups in total. The number of benzene rings is 2. The van der Waals surface area contributed by atoms with Crippen LogP contribution < -0.4 is 14.8 Å². The van der Waals surface area contributed by atoms with Crippen molar-refractivity contribution < 1.29 is 9.47 Å². The minimum Gasteiger partial charge on any atom is -0.454 e. The fourth-order valence-electron chi connectivity index (χ4n) is 4.85. The molecule has 1 saturated heterocycles. The molecule has 0 unspecified atom stereocenters. The predicted molar refractivity (Wildman–Crippen MR) is 102 cm³/mol. The van der Waals surface area contributed by atoms with Gasteiger partial charge in [-0.3, -0.25) is 0 Å². The van der Waals surface area contributed by atoms with Crippen LogP contribution >= 0.6 is 0 Å². The van der Waals surface area contributed by atoms with Gasteiger partial charge in [0.15, 0.2) is 11.5 Å². The van der Waals surface area contributed by atoms with Gasteiger partial charge in [-0.2, -0.15) is 0 Å². The standard InChI is InChI=1S/C22H26N2O2/c1-15-6-7-20-22(26-14-25-20)21(15)17-9-11-24(12-17)13-19-18-5-3-2-4-16(18)8-10-23-19/h2-7,17,19,23H,8-14H2,1H3/t17-,19+/m0/s1. The summed E-state index contributed by atoms with van der Waals surface area (Å²) < 4.78 is 11.4. The lowest BCUT2D eigenvalue weighted by Gasteiger charge is -2.30. The summed E-state index contributed by atoms with van der Waals surface area (Å²) in [7, 11) is 0. The summed E-state index contributed by atoms with van der Waals surface area (Å²) in [6.45, 7) is 6.95. The third-order valence-electron chi connectivity index (χ3n) is 6.13. The fraction of sp³-hybridized carbons (Fsp3) is 0.455. The van der Waals surface area contributed by atoms with Gasteiger partial charge in [0.05, 0.1) is 0 Å². The molecule has 2 aromatic rings. The average Bonchev–Trinajstić information content (AvgIpc) is 3.31. The molecular formula is C22H26N2O2. The normalized spacial score (nSPS) is 24.7. The van der Waals surface area contributed by atoms with Crippen LogP contribution in [0.25, 0.3) is 0 Å². The van der Waals surface area contributed by atoms with Crippen molar-refractivity contribution >= 4 is 0 Å². The highest BCUT2D eigenvalue weighted by molar-refractivity contribution is 5.53. The molecule has 4 heteroatoms. The van der Waals surface area contributed by atoms with Crippen molar-refractivity contribution in [1.29, 1.82) is 0 Å². The van der Waals surface area contributed by atoms with Crippen molar-refractivity contribution in [2.45, 2.75) is 31.7 Å². The Morgan fingerprint density at radius 3 is 3.04 bits per heavy atom. The predicted octanol–water partition coefficient (Wildman–Crippen LogP) is 3.40. The van der Waals surface area contributed by atoms with Gasteiger partial charge in [-0.1, -0.05) is 30.3 Å². The number of nitrogens with zero attached hydrogens (tertiary/aromatic N) is 1. The number of aryl methyl sites for hydroxylation is 1. The van der Waals surface area contributed by atoms with Gasteiger partial charge in [-0.15, -0.1) is 0 Å². The van der Waals surface area contributed by atoms with E-state index in [0.717, 1.165) is 44.1 Å². The maximum absolute atomic E-state index is 5.80. The molecular weight excluding hydrogens is 324 g/mol. The lowest BCUT2D eigenvalue weighted by atomic mass is 9.92. The van der Waals surface area contributed by atoms with Crippen LogP contribution in [0.15, 0.2) is 36.4 Å². The lowest BCUT2D eigenvalue weighted by Crippen LogP contribution is -2.38. The second-order valence-corrected chi connectivity index (χ2v) is 7.73. The SMILES string of the molecule is Cc1ccc2c(c1[C@H]1CCN(C[C@H]3NCCc4ccccc43)C1)OCO2. The van der Waals surface area contributed by atoms with E-state index in [0.29, 0.717) is 18.8 Å². The summed E-state index contributed by atoms with van der Waals surface area (Å²) in [5.41, 5.74) is 5.67. The first-order valence-electron chi connectivity index (χ1n) is 9.72. The number of hydrogen-bond acceptors (Lipinski definition) is 4. The fourth-order valence-corrected chi connectivity index (χ4v) is 4.85. The molecule has 0 amide bonds. The van der Waals surface area contributed by atoms with Gasteiger partial charge in [0.25, 0.3) is 0 Å². The molecule has 136 valence electrons. The van der Waals surface area contributed by atoms with E-state index in [1.165, 1.54) is 28.7 Å². The molecule has 3 heterocycles. The molecule has 4 nitrogen and oxygen atoms in total. The first-order chi connectivity index (χ1) is 12.8. The molecule has 3 aliphatic heterocycles. The molecule has 0 spiro atoms. The molecule has 0 aromatic heterocycles. The zero-order valence-electron chi connectivity index (χ0n) is 15.3. The van der Waals surface area contributed by atoms with Crippen LogP contribution in [0.5, 0.6) is 11.5 Å². The number of fused-ring (bicyclic) bond motifs is 2. The number of rotatable bonds is 3. The summed E-state index contributed by atoms with van der Waals surface area (Å²) in [5, 5.41) is 3.72. The van der Waals surface area contributed by atoms with Gasteiger partial charge in [-0.05, 0) is 55.6 Å². The van der Waals surface area contributed by atoms with Crippen LogP contribution in [-0.4, -0.2) is 37.9 Å². The molecule has 0 bridgehead atoms. The first kappa shape index (κ1) is 16.2. The quantitative estimate of drug-likeness (QED) is 0.920. The summed E-state index contributed by atoms with van der Waals surface area (Å²) in [5.74, 6) is 2.43. The van der Waals surface area contributed by atoms with Gasteiger partial charge >= 0.3 is 0 Å². The zero-order chi connectivity index (χ0) is 17.5. The maximum atomic E-state index is 5.80. The Labute approximate surface area is 155 Å². The molecule has 2 atom stereocenters. The number of hydrogen-bond donors (Lipinski definition) is 1. The maximum Gasteiger partial charge on any atom is 0.231 e. The van der Waals surface area contributed by atoms with Crippen LogP contribution in [-0.2, 0) is 6.42 Å². The van der Waals surface area contributed by atoms with Crippen LogP contribution in [0.2, 0.25) is 0 Å². The third-order valence-corrected chi connectivity index (χ3v) is 6.13. The van der Waals surface area contributed by atoms with E-state index in [4.69, 9.17) is 9.47 Å². The van der Waals surface area contributed by atoms with Gasteiger partial charge in [0.1, 0.15) is 0 Å². The van der Waals surface area contributed by atoms with Gasteiger partial charge in [-0.25, -0.2) is 0 Å². The van der Waals surface area contributed by atoms with E-state index in [9.17, 15) is 0 Å². The van der Waals surface area contributed by atoms with E-state index < -0.39 is 0 Å². The molecule has 26 heavy (non-hydrogen) atoms. The number of nitrogens with one attached hydrogen (secondary N) is 1. The molecule has 0 aliphatic carbocycles. The Morgan fingerprint density at radius 2 is 2.08 bits per heavy atom. The van der Waals surface area contributed by atoms with Crippen molar-refractivity contribution in [1.82, 2.24) is 10.2 Å². The highest BCUT2D eigenvalue weighted by atomic mass is 16.7. The summed E-state index contributed by atoms with van der Waals surface area (Å²) >= 11 is 0. The number of likely N-dealkylation sites (tertiary alicyclic amines) is 1. The van der Waals surface area contributed by atoms with E-state index in [-0.39, 0.29) is 0 Å². The molecule has 1 fully saturated rings. The van der Waals surface area contributed by atoms with Gasteiger partial charge < -0.3 is 19.7 Å². The largest absolute Gasteiger partial charge is 0.454 e. The Bertz CT molecular complexity index is 820. The van der Waals surface area contributed by atoms with Crippen LogP contribution in [0.1, 0.15) is 40.6 Å². The van der Waals surface area contributed by atoms with E-state index in [1.54, 1.807) is 0 Å². The Kier molecular flexibility index (Phi) is 4.10. The monoisotopic (exact) mass is 350 g/mol. The van der Waals surface area contributed by atoms with Crippen LogP contribution in [0.3, 0.4) is 0 Å². The van der Waals surface area contributed by atoms with Crippen molar-refractivity contribution in [3.8, 4) is 11.5 Å². The smallest absolute Gasteiger partial charge is 0.231 e. The van der Waals surface area contributed by atoms with E-state index in [2.05, 4.69) is 47.5 Å². The highest BCUT2D eigenvalue weighted by Crippen LogP contribution is 2.44. The Morgan fingerprint density at radius 1 is 1.15 bits per heavy atom. The summed E-state index contributed by atoms with van der Waals surface area (Å²) in [4.78, 5) is 2.61. The minimum absolute atomic E-state index is 0.352. The van der Waals surface area contributed by atoms with Crippen molar-refractivity contribution in [2.75, 3.05) is 33.0 Å². The molecule has 3 aliphatic rings. The molecule has 5 rings (SSSR count). The van der Waals surface area contributed by atoms with Crippen molar-refractivity contribution in [3.05, 3.63) is 58.7 Å². The van der Waals surface area contributed by atoms with Crippen molar-refractivity contribution in [2.24, 2.45) is 0 Å². The second-order valence-electron chi connectivity index (χ2n) is 7.73. The van der Waals surface area contributed by atoms with E-state index in [1.807, 2.05) is 6.07 Å². The molecule has 0 radical (unpaired) electrons. The lowest BCUT2D eigenvalue weighted by molar-refractivity contribution is 0.173. The summed E-state index contributed by atoms with van der Waals surface area (Å²) in [6.07, 6.45) is 2.33.